The van der Waals surface area contributed by atoms with Crippen LogP contribution in [-0.2, 0) is 6.54 Å². The number of alkyl halides is 3. The summed E-state index contributed by atoms with van der Waals surface area (Å²) in [5.74, 6) is 0.313. The lowest BCUT2D eigenvalue weighted by molar-refractivity contribution is -0.143. The molecule has 1 atom stereocenters. The average molecular weight is 351 g/mol. The molecule has 1 aliphatic rings. The molecule has 6 heteroatoms. The highest BCUT2D eigenvalue weighted by Crippen LogP contribution is 2.22. The van der Waals surface area contributed by atoms with Crippen LogP contribution < -0.4 is 5.32 Å². The quantitative estimate of drug-likeness (QED) is 0.875. The van der Waals surface area contributed by atoms with Gasteiger partial charge < -0.3 is 5.32 Å². The van der Waals surface area contributed by atoms with Gasteiger partial charge in [-0.15, -0.1) is 0 Å². The van der Waals surface area contributed by atoms with Gasteiger partial charge in [0.05, 0.1) is 6.54 Å². The van der Waals surface area contributed by atoms with Crippen LogP contribution >= 0.6 is 15.9 Å². The van der Waals surface area contributed by atoms with E-state index in [4.69, 9.17) is 0 Å². The second-order valence-electron chi connectivity index (χ2n) is 5.26. The topological polar surface area (TPSA) is 15.3 Å². The Balaban J connectivity index is 1.67. The van der Waals surface area contributed by atoms with Gasteiger partial charge in [-0.25, -0.2) is 0 Å². The zero-order valence-corrected chi connectivity index (χ0v) is 12.7. The van der Waals surface area contributed by atoms with E-state index in [0.717, 1.165) is 24.0 Å². The molecule has 1 aliphatic heterocycles. The largest absolute Gasteiger partial charge is 0.401 e. The van der Waals surface area contributed by atoms with Crippen molar-refractivity contribution < 1.29 is 13.2 Å². The molecule has 2 rings (SSSR count). The van der Waals surface area contributed by atoms with Crippen molar-refractivity contribution in [1.82, 2.24) is 10.2 Å². The molecule has 1 heterocycles. The molecule has 1 fully saturated rings. The second-order valence-corrected chi connectivity index (χ2v) is 6.18. The number of halogens is 4. The predicted molar refractivity (Wildman–Crippen MR) is 76.5 cm³/mol. The summed E-state index contributed by atoms with van der Waals surface area (Å²) in [6.45, 7) is 1.82. The lowest BCUT2D eigenvalue weighted by atomic mass is 10.1. The van der Waals surface area contributed by atoms with Gasteiger partial charge in [0.25, 0.3) is 0 Å². The van der Waals surface area contributed by atoms with Crippen molar-refractivity contribution in [2.75, 3.05) is 26.2 Å². The smallest absolute Gasteiger partial charge is 0.312 e. The summed E-state index contributed by atoms with van der Waals surface area (Å²) in [6.07, 6.45) is -3.25. The van der Waals surface area contributed by atoms with Gasteiger partial charge in [-0.3, -0.25) is 4.90 Å². The van der Waals surface area contributed by atoms with E-state index in [1.54, 1.807) is 0 Å². The Morgan fingerprint density at radius 1 is 1.25 bits per heavy atom. The van der Waals surface area contributed by atoms with E-state index in [0.29, 0.717) is 19.0 Å². The molecule has 0 aliphatic carbocycles. The molecule has 1 aromatic carbocycles. The minimum atomic E-state index is -4.08. The summed E-state index contributed by atoms with van der Waals surface area (Å²) in [5, 5.41) is 3.32. The molecule has 112 valence electrons. The maximum absolute atomic E-state index is 12.3. The van der Waals surface area contributed by atoms with E-state index < -0.39 is 12.7 Å². The van der Waals surface area contributed by atoms with Crippen molar-refractivity contribution in [2.24, 2.45) is 5.92 Å². The number of rotatable bonds is 5. The lowest BCUT2D eigenvalue weighted by Crippen LogP contribution is -2.33. The Hall–Kier alpha value is -0.590. The van der Waals surface area contributed by atoms with E-state index >= 15 is 0 Å². The van der Waals surface area contributed by atoms with Gasteiger partial charge >= 0.3 is 6.18 Å². The Kier molecular flexibility index (Phi) is 5.46. The fourth-order valence-corrected chi connectivity index (χ4v) is 2.76. The number of likely N-dealkylation sites (tertiary alicyclic amines) is 1. The van der Waals surface area contributed by atoms with Crippen LogP contribution in [-0.4, -0.2) is 37.3 Å². The highest BCUT2D eigenvalue weighted by atomic mass is 79.9. The lowest BCUT2D eigenvalue weighted by Gasteiger charge is -2.18. The van der Waals surface area contributed by atoms with Crippen LogP contribution in [0.1, 0.15) is 12.0 Å². The molecular formula is C14H18BrF3N2. The van der Waals surface area contributed by atoms with Crippen molar-refractivity contribution in [3.8, 4) is 0 Å². The van der Waals surface area contributed by atoms with Crippen LogP contribution in [0.2, 0.25) is 0 Å². The van der Waals surface area contributed by atoms with E-state index in [2.05, 4.69) is 21.2 Å². The zero-order valence-electron chi connectivity index (χ0n) is 11.1. The van der Waals surface area contributed by atoms with E-state index in [1.807, 2.05) is 24.3 Å². The molecule has 1 aromatic rings. The first kappa shape index (κ1) is 15.8. The van der Waals surface area contributed by atoms with Gasteiger partial charge in [0.1, 0.15) is 0 Å². The van der Waals surface area contributed by atoms with Gasteiger partial charge in [0.2, 0.25) is 0 Å². The zero-order chi connectivity index (χ0) is 14.6. The molecule has 0 bridgehead atoms. The summed E-state index contributed by atoms with van der Waals surface area (Å²) in [5.41, 5.74) is 1.18. The minimum absolute atomic E-state index is 0.313. The van der Waals surface area contributed by atoms with Crippen LogP contribution in [0.5, 0.6) is 0 Å². The Bertz CT molecular complexity index is 419. The molecule has 0 amide bonds. The van der Waals surface area contributed by atoms with Gasteiger partial charge in [0.15, 0.2) is 0 Å². The van der Waals surface area contributed by atoms with Crippen LogP contribution in [0.4, 0.5) is 13.2 Å². The molecule has 0 saturated carbocycles. The van der Waals surface area contributed by atoms with Crippen molar-refractivity contribution in [1.29, 1.82) is 0 Å². The molecule has 1 saturated heterocycles. The van der Waals surface area contributed by atoms with Crippen molar-refractivity contribution in [2.45, 2.75) is 19.1 Å². The molecular weight excluding hydrogens is 333 g/mol. The van der Waals surface area contributed by atoms with Gasteiger partial charge in [-0.2, -0.15) is 13.2 Å². The van der Waals surface area contributed by atoms with E-state index in [-0.39, 0.29) is 0 Å². The summed E-state index contributed by atoms with van der Waals surface area (Å²) < 4.78 is 37.9. The molecule has 0 aromatic heterocycles. The molecule has 1 unspecified atom stereocenters. The third kappa shape index (κ3) is 5.42. The van der Waals surface area contributed by atoms with E-state index in [9.17, 15) is 13.2 Å². The van der Waals surface area contributed by atoms with Gasteiger partial charge in [0, 0.05) is 17.6 Å². The van der Waals surface area contributed by atoms with E-state index in [1.165, 1.54) is 10.5 Å². The first-order valence-electron chi connectivity index (χ1n) is 6.66. The fourth-order valence-electron chi connectivity index (χ4n) is 2.50. The van der Waals surface area contributed by atoms with Crippen LogP contribution in [0.3, 0.4) is 0 Å². The Morgan fingerprint density at radius 3 is 2.60 bits per heavy atom. The molecule has 20 heavy (non-hydrogen) atoms. The summed E-state index contributed by atoms with van der Waals surface area (Å²) in [6, 6.07) is 8.03. The number of hydrogen-bond acceptors (Lipinski definition) is 2. The highest BCUT2D eigenvalue weighted by Gasteiger charge is 2.34. The summed E-state index contributed by atoms with van der Waals surface area (Å²) >= 11 is 3.38. The van der Waals surface area contributed by atoms with Gasteiger partial charge in [-0.05, 0) is 43.1 Å². The monoisotopic (exact) mass is 350 g/mol. The van der Waals surface area contributed by atoms with Crippen LogP contribution in [0, 0.1) is 5.92 Å². The number of hydrogen-bond donors (Lipinski definition) is 1. The maximum atomic E-state index is 12.3. The fraction of sp³-hybridized carbons (Fsp3) is 0.571. The number of benzene rings is 1. The molecule has 2 nitrogen and oxygen atoms in total. The molecule has 0 radical (unpaired) electrons. The van der Waals surface area contributed by atoms with Crippen molar-refractivity contribution >= 4 is 15.9 Å². The second kappa shape index (κ2) is 6.91. The normalized spacial score (nSPS) is 20.5. The number of nitrogens with one attached hydrogen (secondary N) is 1. The Labute approximate surface area is 125 Å². The summed E-state index contributed by atoms with van der Waals surface area (Å²) in [4.78, 5) is 1.49. The number of nitrogens with zero attached hydrogens (tertiary/aromatic N) is 1. The van der Waals surface area contributed by atoms with Crippen molar-refractivity contribution in [3.63, 3.8) is 0 Å². The Morgan fingerprint density at radius 2 is 1.95 bits per heavy atom. The van der Waals surface area contributed by atoms with Crippen molar-refractivity contribution in [3.05, 3.63) is 34.3 Å². The SMILES string of the molecule is FC(F)(F)CN1CCC(CNCc2ccc(Br)cc2)C1. The standard InChI is InChI=1S/C14H18BrF3N2/c15-13-3-1-11(2-4-13)7-19-8-12-5-6-20(9-12)10-14(16,17)18/h1-4,12,19H,5-10H2. The highest BCUT2D eigenvalue weighted by molar-refractivity contribution is 9.10. The first-order chi connectivity index (χ1) is 9.42. The van der Waals surface area contributed by atoms with Gasteiger partial charge in [-0.1, -0.05) is 28.1 Å². The third-order valence-electron chi connectivity index (χ3n) is 3.45. The van der Waals surface area contributed by atoms with Crippen LogP contribution in [0.15, 0.2) is 28.7 Å². The average Bonchev–Trinajstić information content (AvgIpc) is 2.77. The molecule has 1 N–H and O–H groups in total. The summed E-state index contributed by atoms with van der Waals surface area (Å²) in [7, 11) is 0. The molecule has 0 spiro atoms. The predicted octanol–water partition coefficient (Wildman–Crippen LogP) is 3.42. The first-order valence-corrected chi connectivity index (χ1v) is 7.46. The van der Waals surface area contributed by atoms with Crippen LogP contribution in [0.25, 0.3) is 0 Å². The minimum Gasteiger partial charge on any atom is -0.312 e. The third-order valence-corrected chi connectivity index (χ3v) is 3.98. The maximum Gasteiger partial charge on any atom is 0.401 e.